The molecule has 0 heterocycles. The molecular weight excluding hydrogens is 208 g/mol. The van der Waals surface area contributed by atoms with Crippen LogP contribution in [0.15, 0.2) is 24.3 Å². The predicted molar refractivity (Wildman–Crippen MR) is 72.6 cm³/mol. The van der Waals surface area contributed by atoms with E-state index >= 15 is 0 Å². The first kappa shape index (κ1) is 12.5. The average Bonchev–Trinajstić information content (AvgIpc) is 2.67. The van der Waals surface area contributed by atoms with Crippen molar-refractivity contribution in [1.29, 1.82) is 0 Å². The molecule has 1 unspecified atom stereocenters. The van der Waals surface area contributed by atoms with Gasteiger partial charge in [0.15, 0.2) is 0 Å². The number of rotatable bonds is 3. The lowest BCUT2D eigenvalue weighted by Crippen LogP contribution is -2.09. The van der Waals surface area contributed by atoms with E-state index in [-0.39, 0.29) is 0 Å². The molecule has 1 nitrogen and oxygen atoms in total. The first-order valence-electron chi connectivity index (χ1n) is 6.95. The molecule has 1 aromatic rings. The Morgan fingerprint density at radius 2 is 1.82 bits per heavy atom. The third kappa shape index (κ3) is 3.24. The van der Waals surface area contributed by atoms with Crippen LogP contribution in [-0.4, -0.2) is 7.11 Å². The maximum absolute atomic E-state index is 5.32. The van der Waals surface area contributed by atoms with E-state index in [1.54, 1.807) is 7.11 Å². The molecule has 94 valence electrons. The second-order valence-electron chi connectivity index (χ2n) is 5.32. The minimum absolute atomic E-state index is 0.670. The van der Waals surface area contributed by atoms with Crippen LogP contribution >= 0.6 is 0 Å². The summed E-state index contributed by atoms with van der Waals surface area (Å²) in [6.07, 6.45) is 8.50. The molecule has 0 saturated heterocycles. The van der Waals surface area contributed by atoms with Crippen LogP contribution in [0.25, 0.3) is 0 Å². The maximum Gasteiger partial charge on any atom is 0.119 e. The van der Waals surface area contributed by atoms with Crippen molar-refractivity contribution in [3.05, 3.63) is 29.8 Å². The first-order valence-corrected chi connectivity index (χ1v) is 6.95. The van der Waals surface area contributed by atoms with E-state index in [2.05, 4.69) is 25.1 Å². The highest BCUT2D eigenvalue weighted by Crippen LogP contribution is 2.35. The Morgan fingerprint density at radius 1 is 1.12 bits per heavy atom. The molecule has 2 rings (SSSR count). The van der Waals surface area contributed by atoms with E-state index in [1.807, 2.05) is 6.07 Å². The van der Waals surface area contributed by atoms with Crippen molar-refractivity contribution in [1.82, 2.24) is 0 Å². The molecule has 0 bridgehead atoms. The normalized spacial score (nSPS) is 19.6. The Balaban J connectivity index is 2.08. The Hall–Kier alpha value is -0.980. The minimum Gasteiger partial charge on any atom is -0.497 e. The highest BCUT2D eigenvalue weighted by molar-refractivity contribution is 5.30. The minimum atomic E-state index is 0.670. The molecule has 0 radical (unpaired) electrons. The lowest BCUT2D eigenvalue weighted by Gasteiger charge is -2.23. The predicted octanol–water partition coefficient (Wildman–Crippen LogP) is 4.77. The second kappa shape index (κ2) is 6.09. The van der Waals surface area contributed by atoms with Gasteiger partial charge in [0.1, 0.15) is 5.75 Å². The molecule has 1 saturated carbocycles. The molecule has 1 aliphatic carbocycles. The summed E-state index contributed by atoms with van der Waals surface area (Å²) in [6, 6.07) is 8.60. The summed E-state index contributed by atoms with van der Waals surface area (Å²) >= 11 is 0. The summed E-state index contributed by atoms with van der Waals surface area (Å²) in [5.41, 5.74) is 1.44. The van der Waals surface area contributed by atoms with Crippen molar-refractivity contribution in [3.63, 3.8) is 0 Å². The first-order chi connectivity index (χ1) is 8.31. The van der Waals surface area contributed by atoms with Gasteiger partial charge < -0.3 is 4.74 Å². The van der Waals surface area contributed by atoms with Crippen molar-refractivity contribution in [2.45, 2.75) is 51.4 Å². The van der Waals surface area contributed by atoms with Gasteiger partial charge in [-0.25, -0.2) is 0 Å². The van der Waals surface area contributed by atoms with E-state index in [0.29, 0.717) is 5.92 Å². The molecule has 0 aromatic heterocycles. The molecule has 0 N–H and O–H groups in total. The van der Waals surface area contributed by atoms with Crippen LogP contribution in [0.3, 0.4) is 0 Å². The molecular formula is C16H24O. The van der Waals surface area contributed by atoms with Gasteiger partial charge in [0.2, 0.25) is 0 Å². The van der Waals surface area contributed by atoms with Crippen molar-refractivity contribution in [3.8, 4) is 5.75 Å². The smallest absolute Gasteiger partial charge is 0.119 e. The number of ether oxygens (including phenoxy) is 1. The van der Waals surface area contributed by atoms with E-state index in [1.165, 1.54) is 44.1 Å². The van der Waals surface area contributed by atoms with Crippen molar-refractivity contribution in [2.75, 3.05) is 7.11 Å². The Morgan fingerprint density at radius 3 is 2.47 bits per heavy atom. The summed E-state index contributed by atoms with van der Waals surface area (Å²) < 4.78 is 5.32. The fourth-order valence-electron chi connectivity index (χ4n) is 3.01. The SMILES string of the molecule is COc1cccc(C(C)C2CCCCCC2)c1. The van der Waals surface area contributed by atoms with Crippen LogP contribution in [0.2, 0.25) is 0 Å². The van der Waals surface area contributed by atoms with E-state index in [0.717, 1.165) is 11.7 Å². The van der Waals surface area contributed by atoms with Crippen LogP contribution in [0.4, 0.5) is 0 Å². The van der Waals surface area contributed by atoms with E-state index < -0.39 is 0 Å². The zero-order valence-electron chi connectivity index (χ0n) is 11.1. The highest BCUT2D eigenvalue weighted by Gasteiger charge is 2.20. The maximum atomic E-state index is 5.32. The van der Waals surface area contributed by atoms with Gasteiger partial charge in [-0.15, -0.1) is 0 Å². The largest absolute Gasteiger partial charge is 0.497 e. The van der Waals surface area contributed by atoms with E-state index in [9.17, 15) is 0 Å². The topological polar surface area (TPSA) is 9.23 Å². The molecule has 1 heteroatoms. The van der Waals surface area contributed by atoms with Crippen LogP contribution in [-0.2, 0) is 0 Å². The van der Waals surface area contributed by atoms with Gasteiger partial charge in [0.05, 0.1) is 7.11 Å². The fraction of sp³-hybridized carbons (Fsp3) is 0.625. The van der Waals surface area contributed by atoms with Crippen LogP contribution in [0.1, 0.15) is 56.9 Å². The Bertz CT molecular complexity index is 337. The monoisotopic (exact) mass is 232 g/mol. The quantitative estimate of drug-likeness (QED) is 0.682. The number of benzene rings is 1. The number of hydrogen-bond acceptors (Lipinski definition) is 1. The molecule has 1 atom stereocenters. The Labute approximate surface area is 105 Å². The summed E-state index contributed by atoms with van der Waals surface area (Å²) in [5, 5.41) is 0. The van der Waals surface area contributed by atoms with Crippen LogP contribution in [0.5, 0.6) is 5.75 Å². The van der Waals surface area contributed by atoms with Gasteiger partial charge in [-0.3, -0.25) is 0 Å². The van der Waals surface area contributed by atoms with Crippen molar-refractivity contribution >= 4 is 0 Å². The zero-order chi connectivity index (χ0) is 12.1. The average molecular weight is 232 g/mol. The van der Waals surface area contributed by atoms with Gasteiger partial charge in [0.25, 0.3) is 0 Å². The molecule has 0 aliphatic heterocycles. The summed E-state index contributed by atoms with van der Waals surface area (Å²) in [6.45, 7) is 2.38. The highest BCUT2D eigenvalue weighted by atomic mass is 16.5. The summed E-state index contributed by atoms with van der Waals surface area (Å²) in [5.74, 6) is 2.52. The van der Waals surface area contributed by atoms with Crippen LogP contribution in [0, 0.1) is 5.92 Å². The lowest BCUT2D eigenvalue weighted by molar-refractivity contribution is 0.389. The van der Waals surface area contributed by atoms with Gasteiger partial charge >= 0.3 is 0 Å². The van der Waals surface area contributed by atoms with Gasteiger partial charge in [-0.2, -0.15) is 0 Å². The fourth-order valence-corrected chi connectivity index (χ4v) is 3.01. The molecule has 0 amide bonds. The lowest BCUT2D eigenvalue weighted by atomic mass is 9.83. The number of methoxy groups -OCH3 is 1. The molecule has 0 spiro atoms. The molecule has 1 aromatic carbocycles. The molecule has 17 heavy (non-hydrogen) atoms. The van der Waals surface area contributed by atoms with Gasteiger partial charge in [-0.1, -0.05) is 44.7 Å². The van der Waals surface area contributed by atoms with Crippen LogP contribution < -0.4 is 4.74 Å². The molecule has 1 aliphatic rings. The van der Waals surface area contributed by atoms with Gasteiger partial charge in [-0.05, 0) is 42.4 Å². The summed E-state index contributed by atoms with van der Waals surface area (Å²) in [4.78, 5) is 0. The summed E-state index contributed by atoms with van der Waals surface area (Å²) in [7, 11) is 1.75. The molecule has 1 fully saturated rings. The van der Waals surface area contributed by atoms with Crippen molar-refractivity contribution < 1.29 is 4.74 Å². The number of hydrogen-bond donors (Lipinski definition) is 0. The Kier molecular flexibility index (Phi) is 4.47. The zero-order valence-corrected chi connectivity index (χ0v) is 11.1. The standard InChI is InChI=1S/C16H24O/c1-13(14-8-5-3-4-6-9-14)15-10-7-11-16(12-15)17-2/h7,10-14H,3-6,8-9H2,1-2H3. The van der Waals surface area contributed by atoms with Crippen molar-refractivity contribution in [2.24, 2.45) is 5.92 Å². The second-order valence-corrected chi connectivity index (χ2v) is 5.32. The van der Waals surface area contributed by atoms with Gasteiger partial charge in [0, 0.05) is 0 Å². The third-order valence-corrected chi connectivity index (χ3v) is 4.23. The third-order valence-electron chi connectivity index (χ3n) is 4.23. The van der Waals surface area contributed by atoms with E-state index in [4.69, 9.17) is 4.74 Å².